The maximum Gasteiger partial charge on any atom is 0.251 e. The molecule has 1 heterocycles. The average molecular weight is 298 g/mol. The van der Waals surface area contributed by atoms with Crippen LogP contribution in [0.15, 0.2) is 22.2 Å². The fourth-order valence-electron chi connectivity index (χ4n) is 1.72. The summed E-state index contributed by atoms with van der Waals surface area (Å²) in [4.78, 5) is 29.3. The van der Waals surface area contributed by atoms with Crippen molar-refractivity contribution in [1.82, 2.24) is 15.3 Å². The van der Waals surface area contributed by atoms with Gasteiger partial charge in [-0.2, -0.15) is 0 Å². The van der Waals surface area contributed by atoms with Crippen LogP contribution in [-0.4, -0.2) is 33.7 Å². The van der Waals surface area contributed by atoms with Crippen LogP contribution in [0, 0.1) is 0 Å². The Morgan fingerprint density at radius 1 is 1.60 bits per heavy atom. The lowest BCUT2D eigenvalue weighted by molar-refractivity contribution is -0.124. The number of aromatic nitrogens is 2. The molecule has 1 rings (SSSR count). The third-order valence-electron chi connectivity index (χ3n) is 3.02. The van der Waals surface area contributed by atoms with E-state index >= 15 is 0 Å². The van der Waals surface area contributed by atoms with Crippen molar-refractivity contribution in [1.29, 1.82) is 0 Å². The Morgan fingerprint density at radius 2 is 2.35 bits per heavy atom. The van der Waals surface area contributed by atoms with Crippen molar-refractivity contribution < 1.29 is 4.79 Å². The topological polar surface area (TPSA) is 101 Å². The number of primary amides is 1. The van der Waals surface area contributed by atoms with Crippen molar-refractivity contribution in [3.8, 4) is 0 Å². The minimum absolute atomic E-state index is 0.158. The van der Waals surface area contributed by atoms with Gasteiger partial charge in [0.1, 0.15) is 0 Å². The quantitative estimate of drug-likeness (QED) is 0.357. The highest BCUT2D eigenvalue weighted by Crippen LogP contribution is 2.17. The summed E-state index contributed by atoms with van der Waals surface area (Å²) in [5.74, 6) is 0.436. The summed E-state index contributed by atoms with van der Waals surface area (Å²) in [6, 6.07) is 1.38. The lowest BCUT2D eigenvalue weighted by Crippen LogP contribution is -2.53. The maximum atomic E-state index is 11.5. The van der Waals surface area contributed by atoms with Crippen molar-refractivity contribution in [2.45, 2.75) is 43.8 Å². The number of nitrogens with two attached hydrogens (primary N) is 1. The van der Waals surface area contributed by atoms with Gasteiger partial charge < -0.3 is 16.0 Å². The molecule has 6 nitrogen and oxygen atoms in total. The number of thioether (sulfide) groups is 1. The summed E-state index contributed by atoms with van der Waals surface area (Å²) in [5, 5.41) is 3.79. The van der Waals surface area contributed by atoms with E-state index in [1.54, 1.807) is 0 Å². The van der Waals surface area contributed by atoms with Crippen molar-refractivity contribution in [3.63, 3.8) is 0 Å². The number of amides is 1. The summed E-state index contributed by atoms with van der Waals surface area (Å²) < 4.78 is 0. The van der Waals surface area contributed by atoms with Crippen molar-refractivity contribution in [3.05, 3.63) is 22.6 Å². The number of nitrogens with one attached hydrogen (secondary N) is 2. The third kappa shape index (κ3) is 5.34. The van der Waals surface area contributed by atoms with E-state index in [1.807, 2.05) is 13.8 Å². The van der Waals surface area contributed by atoms with Crippen LogP contribution in [0.4, 0.5) is 0 Å². The number of carbonyl (C=O) groups excluding carboxylic acids is 1. The largest absolute Gasteiger partial charge is 0.368 e. The first-order valence-electron chi connectivity index (χ1n) is 6.71. The highest BCUT2D eigenvalue weighted by Gasteiger charge is 2.29. The molecule has 1 aromatic rings. The predicted octanol–water partition coefficient (Wildman–Crippen LogP) is 0.886. The van der Waals surface area contributed by atoms with Gasteiger partial charge in [-0.1, -0.05) is 18.7 Å². The Hall–Kier alpha value is -1.34. The number of aromatic amines is 1. The molecule has 0 saturated carbocycles. The standard InChI is InChI=1S/C13H22N4O2S/c1-3-7-16-13(2,11(14)19)6-4-9-20-12-15-8-5-10(18)17-12/h5,8,16H,3-4,6-7,9H2,1-2H3,(H2,14,19)(H,15,17,18). The lowest BCUT2D eigenvalue weighted by Gasteiger charge is -2.27. The molecule has 1 amide bonds. The Labute approximate surface area is 122 Å². The molecule has 20 heavy (non-hydrogen) atoms. The van der Waals surface area contributed by atoms with Gasteiger partial charge in [0.15, 0.2) is 5.16 Å². The number of hydrogen-bond donors (Lipinski definition) is 3. The smallest absolute Gasteiger partial charge is 0.251 e. The second kappa shape index (κ2) is 8.06. The molecule has 1 unspecified atom stereocenters. The Kier molecular flexibility index (Phi) is 6.74. The maximum absolute atomic E-state index is 11.5. The number of hydrogen-bond acceptors (Lipinski definition) is 5. The first kappa shape index (κ1) is 16.7. The molecule has 0 aliphatic heterocycles. The van der Waals surface area contributed by atoms with Gasteiger partial charge in [-0.3, -0.25) is 9.59 Å². The number of nitrogens with zero attached hydrogens (tertiary/aromatic N) is 1. The van der Waals surface area contributed by atoms with Gasteiger partial charge in [0.25, 0.3) is 5.56 Å². The zero-order valence-electron chi connectivity index (χ0n) is 11.9. The van der Waals surface area contributed by atoms with Crippen molar-refractivity contribution >= 4 is 17.7 Å². The van der Waals surface area contributed by atoms with Crippen LogP contribution >= 0.6 is 11.8 Å². The molecular weight excluding hydrogens is 276 g/mol. The highest BCUT2D eigenvalue weighted by atomic mass is 32.2. The summed E-state index contributed by atoms with van der Waals surface area (Å²) in [5.41, 5.74) is 4.63. The molecular formula is C13H22N4O2S. The monoisotopic (exact) mass is 298 g/mol. The number of carbonyl (C=O) groups is 1. The van der Waals surface area contributed by atoms with Gasteiger partial charge in [-0.25, -0.2) is 4.98 Å². The van der Waals surface area contributed by atoms with E-state index < -0.39 is 5.54 Å². The van der Waals surface area contributed by atoms with Gasteiger partial charge in [0, 0.05) is 18.0 Å². The molecule has 1 aromatic heterocycles. The normalized spacial score (nSPS) is 13.9. The van der Waals surface area contributed by atoms with E-state index in [-0.39, 0.29) is 11.5 Å². The minimum Gasteiger partial charge on any atom is -0.368 e. The summed E-state index contributed by atoms with van der Waals surface area (Å²) in [6.45, 7) is 4.64. The van der Waals surface area contributed by atoms with Crippen molar-refractivity contribution in [2.75, 3.05) is 12.3 Å². The zero-order chi connectivity index (χ0) is 15.0. The molecule has 0 spiro atoms. The molecule has 0 fully saturated rings. The lowest BCUT2D eigenvalue weighted by atomic mass is 9.95. The Bertz CT molecular complexity index is 491. The summed E-state index contributed by atoms with van der Waals surface area (Å²) in [6.07, 6.45) is 3.90. The van der Waals surface area contributed by atoms with Crippen LogP contribution in [0.5, 0.6) is 0 Å². The second-order valence-electron chi connectivity index (χ2n) is 4.81. The van der Waals surface area contributed by atoms with Crippen LogP contribution in [0.25, 0.3) is 0 Å². The van der Waals surface area contributed by atoms with Crippen LogP contribution < -0.4 is 16.6 Å². The number of H-pyrrole nitrogens is 1. The van der Waals surface area contributed by atoms with Gasteiger partial charge in [-0.15, -0.1) is 0 Å². The van der Waals surface area contributed by atoms with Crippen LogP contribution in [-0.2, 0) is 4.79 Å². The molecule has 1 atom stereocenters. The van der Waals surface area contributed by atoms with Gasteiger partial charge in [0.2, 0.25) is 5.91 Å². The van der Waals surface area contributed by atoms with E-state index in [4.69, 9.17) is 5.73 Å². The Morgan fingerprint density at radius 3 is 2.95 bits per heavy atom. The molecule has 0 saturated heterocycles. The first-order valence-corrected chi connectivity index (χ1v) is 7.69. The SMILES string of the molecule is CCCNC(C)(CCCSc1nccc(=O)[nH]1)C(N)=O. The highest BCUT2D eigenvalue weighted by molar-refractivity contribution is 7.99. The minimum atomic E-state index is -0.673. The van der Waals surface area contributed by atoms with E-state index in [1.165, 1.54) is 24.0 Å². The Balaban J connectivity index is 2.41. The third-order valence-corrected chi connectivity index (χ3v) is 3.99. The number of rotatable bonds is 9. The summed E-state index contributed by atoms with van der Waals surface area (Å²) >= 11 is 1.46. The molecule has 0 radical (unpaired) electrons. The van der Waals surface area contributed by atoms with Gasteiger partial charge >= 0.3 is 0 Å². The van der Waals surface area contributed by atoms with E-state index in [9.17, 15) is 9.59 Å². The molecule has 0 bridgehead atoms. The van der Waals surface area contributed by atoms with E-state index in [0.29, 0.717) is 11.6 Å². The molecule has 4 N–H and O–H groups in total. The van der Waals surface area contributed by atoms with E-state index in [0.717, 1.165) is 25.1 Å². The van der Waals surface area contributed by atoms with Gasteiger partial charge in [-0.05, 0) is 32.7 Å². The fourth-order valence-corrected chi connectivity index (χ4v) is 2.51. The molecule has 0 aromatic carbocycles. The molecule has 0 aliphatic carbocycles. The van der Waals surface area contributed by atoms with Crippen LogP contribution in [0.3, 0.4) is 0 Å². The first-order chi connectivity index (χ1) is 9.48. The fraction of sp³-hybridized carbons (Fsp3) is 0.615. The van der Waals surface area contributed by atoms with Gasteiger partial charge in [0.05, 0.1) is 5.54 Å². The second-order valence-corrected chi connectivity index (χ2v) is 5.90. The molecule has 112 valence electrons. The average Bonchev–Trinajstić information content (AvgIpc) is 2.41. The van der Waals surface area contributed by atoms with Crippen molar-refractivity contribution in [2.24, 2.45) is 5.73 Å². The molecule has 0 aliphatic rings. The summed E-state index contributed by atoms with van der Waals surface area (Å²) in [7, 11) is 0. The predicted molar refractivity (Wildman–Crippen MR) is 80.7 cm³/mol. The van der Waals surface area contributed by atoms with Crippen LogP contribution in [0.2, 0.25) is 0 Å². The zero-order valence-corrected chi connectivity index (χ0v) is 12.8. The van der Waals surface area contributed by atoms with E-state index in [2.05, 4.69) is 15.3 Å². The van der Waals surface area contributed by atoms with Crippen LogP contribution in [0.1, 0.15) is 33.1 Å². The molecule has 7 heteroatoms.